The van der Waals surface area contributed by atoms with Crippen LogP contribution in [0.3, 0.4) is 0 Å². The Kier molecular flexibility index (Phi) is 5.78. The van der Waals surface area contributed by atoms with Gasteiger partial charge in [-0.1, -0.05) is 19.1 Å². The third kappa shape index (κ3) is 4.40. The van der Waals surface area contributed by atoms with Crippen molar-refractivity contribution in [1.82, 2.24) is 9.78 Å². The van der Waals surface area contributed by atoms with E-state index in [9.17, 15) is 9.59 Å². The molecule has 0 aliphatic carbocycles. The molecule has 146 valence electrons. The molecule has 0 saturated heterocycles. The molecule has 8 heteroatoms. The molecule has 1 aromatic carbocycles. The summed E-state index contributed by atoms with van der Waals surface area (Å²) >= 11 is 0. The zero-order chi connectivity index (χ0) is 20.1. The van der Waals surface area contributed by atoms with Gasteiger partial charge in [0.25, 0.3) is 11.8 Å². The number of furan rings is 1. The van der Waals surface area contributed by atoms with Gasteiger partial charge in [0.1, 0.15) is 18.1 Å². The fourth-order valence-electron chi connectivity index (χ4n) is 2.59. The van der Waals surface area contributed by atoms with Gasteiger partial charge in [-0.3, -0.25) is 14.3 Å². The van der Waals surface area contributed by atoms with Crippen molar-refractivity contribution in [3.63, 3.8) is 0 Å². The van der Waals surface area contributed by atoms with Crippen molar-refractivity contribution >= 4 is 17.5 Å². The van der Waals surface area contributed by atoms with Gasteiger partial charge in [-0.25, -0.2) is 0 Å². The molecule has 3 aromatic rings. The quantitative estimate of drug-likeness (QED) is 0.622. The van der Waals surface area contributed by atoms with Crippen LogP contribution in [0.25, 0.3) is 0 Å². The number of nitrogens with zero attached hydrogens (tertiary/aromatic N) is 2. The number of primary amides is 1. The molecular weight excluding hydrogens is 360 g/mol. The molecule has 0 fully saturated rings. The average Bonchev–Trinajstić information content (AvgIpc) is 3.33. The van der Waals surface area contributed by atoms with Gasteiger partial charge in [0.15, 0.2) is 11.5 Å². The van der Waals surface area contributed by atoms with E-state index < -0.39 is 11.8 Å². The number of aromatic nitrogens is 2. The first-order chi connectivity index (χ1) is 13.5. The summed E-state index contributed by atoms with van der Waals surface area (Å²) in [6.07, 6.45) is 2.51. The van der Waals surface area contributed by atoms with Crippen LogP contribution in [0, 0.1) is 0 Å². The Morgan fingerprint density at radius 3 is 2.57 bits per heavy atom. The highest BCUT2D eigenvalue weighted by atomic mass is 16.5. The molecule has 2 amide bonds. The second-order valence-corrected chi connectivity index (χ2v) is 6.12. The summed E-state index contributed by atoms with van der Waals surface area (Å²) in [5, 5.41) is 6.64. The monoisotopic (exact) mass is 382 g/mol. The lowest BCUT2D eigenvalue weighted by atomic mass is 10.2. The van der Waals surface area contributed by atoms with Gasteiger partial charge < -0.3 is 20.2 Å². The molecule has 0 unspecified atom stereocenters. The number of amides is 2. The Balaban J connectivity index is 1.63. The van der Waals surface area contributed by atoms with E-state index in [0.717, 1.165) is 12.2 Å². The first kappa shape index (κ1) is 19.2. The molecule has 0 atom stereocenters. The maximum absolute atomic E-state index is 12.4. The molecule has 2 heterocycles. The van der Waals surface area contributed by atoms with Gasteiger partial charge in [0.05, 0.1) is 5.69 Å². The lowest BCUT2D eigenvalue weighted by Crippen LogP contribution is -2.17. The molecule has 0 aliphatic heterocycles. The Bertz CT molecular complexity index is 973. The summed E-state index contributed by atoms with van der Waals surface area (Å²) in [6, 6.07) is 11.0. The topological polar surface area (TPSA) is 112 Å². The number of nitrogens with one attached hydrogen (secondary N) is 1. The first-order valence-electron chi connectivity index (χ1n) is 8.99. The minimum Gasteiger partial charge on any atom is -0.486 e. The first-order valence-corrected chi connectivity index (χ1v) is 8.99. The Morgan fingerprint density at radius 2 is 1.93 bits per heavy atom. The summed E-state index contributed by atoms with van der Waals surface area (Å²) in [4.78, 5) is 23.9. The van der Waals surface area contributed by atoms with Crippen LogP contribution in [0.4, 0.5) is 5.69 Å². The number of benzene rings is 1. The predicted molar refractivity (Wildman–Crippen MR) is 103 cm³/mol. The number of hydrogen-bond donors (Lipinski definition) is 2. The number of carbonyl (C=O) groups is 2. The van der Waals surface area contributed by atoms with Crippen molar-refractivity contribution in [3.05, 3.63) is 65.4 Å². The van der Waals surface area contributed by atoms with Crippen LogP contribution in [0.2, 0.25) is 0 Å². The number of aryl methyl sites for hydroxylation is 2. The number of carbonyl (C=O) groups excluding carboxylic acids is 2. The summed E-state index contributed by atoms with van der Waals surface area (Å²) in [5.41, 5.74) is 6.78. The van der Waals surface area contributed by atoms with Crippen LogP contribution in [-0.4, -0.2) is 21.6 Å². The maximum atomic E-state index is 12.4. The molecule has 2 aromatic heterocycles. The standard InChI is InChI=1S/C20H22N4O4/c1-3-13-5-7-14(8-6-13)27-12-15-9-10-17(28-15)20(26)22-16-11-24(4-2)23-18(16)19(21)25/h5-11H,3-4,12H2,1-2H3,(H2,21,25)(H,22,26). The lowest BCUT2D eigenvalue weighted by molar-refractivity contribution is 0.0992. The smallest absolute Gasteiger partial charge is 0.291 e. The number of anilines is 1. The van der Waals surface area contributed by atoms with Crippen molar-refractivity contribution in [2.75, 3.05) is 5.32 Å². The van der Waals surface area contributed by atoms with E-state index in [1.54, 1.807) is 18.3 Å². The van der Waals surface area contributed by atoms with Crippen molar-refractivity contribution < 1.29 is 18.7 Å². The molecule has 0 radical (unpaired) electrons. The Morgan fingerprint density at radius 1 is 1.18 bits per heavy atom. The highest BCUT2D eigenvalue weighted by Gasteiger charge is 2.18. The van der Waals surface area contributed by atoms with Crippen LogP contribution in [0.1, 0.15) is 46.2 Å². The summed E-state index contributed by atoms with van der Waals surface area (Å²) < 4.78 is 12.7. The van der Waals surface area contributed by atoms with Crippen molar-refractivity contribution in [2.24, 2.45) is 5.73 Å². The number of ether oxygens (including phenoxy) is 1. The van der Waals surface area contributed by atoms with Crippen LogP contribution in [-0.2, 0) is 19.6 Å². The van der Waals surface area contributed by atoms with E-state index in [0.29, 0.717) is 12.3 Å². The normalized spacial score (nSPS) is 10.6. The molecule has 8 nitrogen and oxygen atoms in total. The van der Waals surface area contributed by atoms with Crippen LogP contribution < -0.4 is 15.8 Å². The zero-order valence-electron chi connectivity index (χ0n) is 15.8. The SMILES string of the molecule is CCc1ccc(OCc2ccc(C(=O)Nc3cn(CC)nc3C(N)=O)o2)cc1. The van der Waals surface area contributed by atoms with Crippen molar-refractivity contribution in [2.45, 2.75) is 33.4 Å². The van der Waals surface area contributed by atoms with Gasteiger partial charge in [0, 0.05) is 12.7 Å². The van der Waals surface area contributed by atoms with E-state index in [2.05, 4.69) is 17.3 Å². The van der Waals surface area contributed by atoms with E-state index in [-0.39, 0.29) is 23.7 Å². The minimum absolute atomic E-state index is 0.000777. The van der Waals surface area contributed by atoms with E-state index in [4.69, 9.17) is 14.9 Å². The van der Waals surface area contributed by atoms with Crippen LogP contribution >= 0.6 is 0 Å². The largest absolute Gasteiger partial charge is 0.486 e. The zero-order valence-corrected chi connectivity index (χ0v) is 15.8. The predicted octanol–water partition coefficient (Wildman–Crippen LogP) is 2.99. The average molecular weight is 382 g/mol. The number of hydrogen-bond acceptors (Lipinski definition) is 5. The number of rotatable bonds is 8. The Hall–Kier alpha value is -3.55. The van der Waals surface area contributed by atoms with E-state index in [1.165, 1.54) is 10.2 Å². The fraction of sp³-hybridized carbons (Fsp3) is 0.250. The fourth-order valence-corrected chi connectivity index (χ4v) is 2.59. The summed E-state index contributed by atoms with van der Waals surface area (Å²) in [7, 11) is 0. The highest BCUT2D eigenvalue weighted by Crippen LogP contribution is 2.18. The van der Waals surface area contributed by atoms with Crippen molar-refractivity contribution in [3.8, 4) is 5.75 Å². The summed E-state index contributed by atoms with van der Waals surface area (Å²) in [6.45, 7) is 4.68. The third-order valence-corrected chi connectivity index (χ3v) is 4.17. The van der Waals surface area contributed by atoms with Crippen LogP contribution in [0.15, 0.2) is 47.0 Å². The molecular formula is C20H22N4O4. The molecule has 0 saturated carbocycles. The van der Waals surface area contributed by atoms with Crippen LogP contribution in [0.5, 0.6) is 5.75 Å². The van der Waals surface area contributed by atoms with E-state index in [1.807, 2.05) is 31.2 Å². The molecule has 0 aliphatic rings. The van der Waals surface area contributed by atoms with Gasteiger partial charge in [-0.05, 0) is 43.2 Å². The molecule has 28 heavy (non-hydrogen) atoms. The van der Waals surface area contributed by atoms with Gasteiger partial charge in [-0.15, -0.1) is 0 Å². The van der Waals surface area contributed by atoms with Crippen molar-refractivity contribution in [1.29, 1.82) is 0 Å². The minimum atomic E-state index is -0.717. The second-order valence-electron chi connectivity index (χ2n) is 6.12. The number of nitrogens with two attached hydrogens (primary N) is 1. The van der Waals surface area contributed by atoms with Gasteiger partial charge in [-0.2, -0.15) is 5.10 Å². The van der Waals surface area contributed by atoms with Gasteiger partial charge in [0.2, 0.25) is 0 Å². The molecule has 0 spiro atoms. The van der Waals surface area contributed by atoms with Gasteiger partial charge >= 0.3 is 0 Å². The lowest BCUT2D eigenvalue weighted by Gasteiger charge is -2.05. The van der Waals surface area contributed by atoms with E-state index >= 15 is 0 Å². The third-order valence-electron chi connectivity index (χ3n) is 4.17. The second kappa shape index (κ2) is 8.43. The highest BCUT2D eigenvalue weighted by molar-refractivity contribution is 6.06. The Labute approximate surface area is 162 Å². The molecule has 3 rings (SSSR count). The maximum Gasteiger partial charge on any atom is 0.291 e. The summed E-state index contributed by atoms with van der Waals surface area (Å²) in [5.74, 6) is 0.100. The molecule has 3 N–H and O–H groups in total. The molecule has 0 bridgehead atoms.